The number of benzene rings is 1. The average molecular weight is 546 g/mol. The fourth-order valence-electron chi connectivity index (χ4n) is 1.85. The van der Waals surface area contributed by atoms with Gasteiger partial charge in [0.15, 0.2) is 5.13 Å². The highest BCUT2D eigenvalue weighted by Gasteiger charge is 2.42. The number of imide groups is 1. The van der Waals surface area contributed by atoms with Crippen molar-refractivity contribution < 1.29 is 9.59 Å². The summed E-state index contributed by atoms with van der Waals surface area (Å²) in [5.41, 5.74) is 0.652. The molecule has 1 aliphatic heterocycles. The van der Waals surface area contributed by atoms with E-state index in [1.807, 2.05) is 0 Å². The largest absolute Gasteiger partial charge is 0.269 e. The lowest BCUT2D eigenvalue weighted by Gasteiger charge is -2.08. The molecule has 0 aliphatic carbocycles. The monoisotopic (exact) mass is 542 g/mol. The van der Waals surface area contributed by atoms with Crippen molar-refractivity contribution in [1.82, 2.24) is 4.98 Å². The van der Waals surface area contributed by atoms with Crippen molar-refractivity contribution in [3.63, 3.8) is 0 Å². The minimum absolute atomic E-state index is 0.326. The van der Waals surface area contributed by atoms with Gasteiger partial charge in [-0.25, -0.2) is 9.88 Å². The van der Waals surface area contributed by atoms with Crippen molar-refractivity contribution in [2.75, 3.05) is 4.90 Å². The molecule has 2 heterocycles. The zero-order valence-electron chi connectivity index (χ0n) is 9.29. The molecule has 4 nitrogen and oxygen atoms in total. The Kier molecular flexibility index (Phi) is 3.91. The lowest BCUT2D eigenvalue weighted by Crippen LogP contribution is -2.29. The fourth-order valence-corrected chi connectivity index (χ4v) is 4.94. The molecule has 1 aromatic heterocycles. The van der Waals surface area contributed by atoms with Gasteiger partial charge in [-0.3, -0.25) is 9.59 Å². The number of nitrogens with zero attached hydrogens (tertiary/aromatic N) is 2. The smallest absolute Gasteiger partial charge is 0.268 e. The molecule has 0 N–H and O–H groups in total. The van der Waals surface area contributed by atoms with Crippen LogP contribution in [0.2, 0.25) is 0 Å². The minimum atomic E-state index is -0.388. The van der Waals surface area contributed by atoms with Crippen LogP contribution in [0.5, 0.6) is 0 Å². The summed E-state index contributed by atoms with van der Waals surface area (Å²) in [4.78, 5) is 30.2. The maximum atomic E-state index is 12.5. The average Bonchev–Trinajstić information content (AvgIpc) is 3.01. The Hall–Kier alpha value is -0.0900. The van der Waals surface area contributed by atoms with Gasteiger partial charge in [-0.2, -0.15) is 0 Å². The van der Waals surface area contributed by atoms with Crippen molar-refractivity contribution in [3.8, 4) is 0 Å². The van der Waals surface area contributed by atoms with Crippen LogP contribution in [0.1, 0.15) is 20.7 Å². The second-order valence-corrected chi connectivity index (χ2v) is 7.81. The molecular formula is C11H2Br4N2O2S. The first kappa shape index (κ1) is 14.8. The third-order valence-corrected chi connectivity index (χ3v) is 8.24. The number of carbonyl (C=O) groups excluding carboxylic acids is 2. The molecule has 3 rings (SSSR count). The molecule has 2 aromatic rings. The molecular weight excluding hydrogens is 544 g/mol. The van der Waals surface area contributed by atoms with Crippen molar-refractivity contribution >= 4 is 92.0 Å². The number of anilines is 1. The molecule has 0 spiro atoms. The predicted octanol–water partition coefficient (Wildman–Crippen LogP) is 4.99. The first-order chi connectivity index (χ1) is 9.45. The zero-order chi connectivity index (χ0) is 14.6. The molecule has 0 saturated heterocycles. The molecule has 20 heavy (non-hydrogen) atoms. The number of hydrogen-bond donors (Lipinski definition) is 0. The SMILES string of the molecule is O=C1c2c(Br)c(Br)c(Br)c(Br)c2C(=O)N1c1nccs1. The summed E-state index contributed by atoms with van der Waals surface area (Å²) < 4.78 is 2.43. The maximum Gasteiger partial charge on any atom is 0.269 e. The zero-order valence-corrected chi connectivity index (χ0v) is 16.4. The fraction of sp³-hybridized carbons (Fsp3) is 0. The van der Waals surface area contributed by atoms with Crippen LogP contribution >= 0.6 is 75.1 Å². The van der Waals surface area contributed by atoms with Gasteiger partial charge in [0.1, 0.15) is 0 Å². The van der Waals surface area contributed by atoms with E-state index in [1.54, 1.807) is 11.6 Å². The quantitative estimate of drug-likeness (QED) is 0.288. The van der Waals surface area contributed by atoms with E-state index in [0.717, 1.165) is 4.90 Å². The van der Waals surface area contributed by atoms with E-state index in [-0.39, 0.29) is 11.8 Å². The van der Waals surface area contributed by atoms with E-state index < -0.39 is 0 Å². The predicted molar refractivity (Wildman–Crippen MR) is 90.5 cm³/mol. The van der Waals surface area contributed by atoms with Crippen LogP contribution in [0.4, 0.5) is 5.13 Å². The standard InChI is InChI=1S/C11H2Br4N2O2S/c12-5-3-4(6(13)8(15)7(5)14)10(19)17(9(3)18)11-16-1-2-20-11/h1-2H. The third kappa shape index (κ3) is 1.98. The van der Waals surface area contributed by atoms with Gasteiger partial charge < -0.3 is 0 Å². The van der Waals surface area contributed by atoms with E-state index in [1.165, 1.54) is 11.3 Å². The Balaban J connectivity index is 2.30. The van der Waals surface area contributed by atoms with Gasteiger partial charge in [-0.15, -0.1) is 11.3 Å². The Labute approximate surface area is 151 Å². The summed E-state index contributed by atoms with van der Waals surface area (Å²) in [6.45, 7) is 0. The number of rotatable bonds is 1. The molecule has 0 bridgehead atoms. The molecule has 1 aromatic carbocycles. The highest BCUT2D eigenvalue weighted by molar-refractivity contribution is 9.15. The second-order valence-electron chi connectivity index (χ2n) is 3.77. The van der Waals surface area contributed by atoms with E-state index in [0.29, 0.717) is 34.1 Å². The number of thiazole rings is 1. The number of halogens is 4. The number of carbonyl (C=O) groups is 2. The van der Waals surface area contributed by atoms with Gasteiger partial charge in [-0.05, 0) is 63.7 Å². The Morgan fingerprint density at radius 3 is 1.80 bits per heavy atom. The van der Waals surface area contributed by atoms with Crippen LogP contribution in [0, 0.1) is 0 Å². The summed E-state index contributed by atoms with van der Waals surface area (Å²) in [6, 6.07) is 0. The number of hydrogen-bond acceptors (Lipinski definition) is 4. The molecule has 9 heteroatoms. The van der Waals surface area contributed by atoms with Crippen LogP contribution in [-0.4, -0.2) is 16.8 Å². The van der Waals surface area contributed by atoms with E-state index >= 15 is 0 Å². The van der Waals surface area contributed by atoms with Crippen LogP contribution in [0.3, 0.4) is 0 Å². The van der Waals surface area contributed by atoms with Crippen molar-refractivity contribution in [2.45, 2.75) is 0 Å². The third-order valence-electron chi connectivity index (χ3n) is 2.71. The number of amides is 2. The van der Waals surface area contributed by atoms with Crippen molar-refractivity contribution in [3.05, 3.63) is 40.6 Å². The minimum Gasteiger partial charge on any atom is -0.268 e. The van der Waals surface area contributed by atoms with Crippen LogP contribution in [0.25, 0.3) is 0 Å². The summed E-state index contributed by atoms with van der Waals surface area (Å²) >= 11 is 14.7. The van der Waals surface area contributed by atoms with Gasteiger partial charge in [0.05, 0.1) is 11.1 Å². The Morgan fingerprint density at radius 2 is 1.40 bits per heavy atom. The molecule has 0 atom stereocenters. The first-order valence-electron chi connectivity index (χ1n) is 5.09. The summed E-state index contributed by atoms with van der Waals surface area (Å²) in [6.07, 6.45) is 1.56. The second kappa shape index (κ2) is 5.28. The number of fused-ring (bicyclic) bond motifs is 1. The lowest BCUT2D eigenvalue weighted by molar-refractivity contribution is 0.0925. The van der Waals surface area contributed by atoms with Gasteiger partial charge in [0.25, 0.3) is 11.8 Å². The van der Waals surface area contributed by atoms with Gasteiger partial charge in [0.2, 0.25) is 0 Å². The van der Waals surface area contributed by atoms with Crippen LogP contribution in [-0.2, 0) is 0 Å². The molecule has 0 saturated carbocycles. The molecule has 0 fully saturated rings. The van der Waals surface area contributed by atoms with Gasteiger partial charge >= 0.3 is 0 Å². The van der Waals surface area contributed by atoms with Crippen LogP contribution in [0.15, 0.2) is 29.5 Å². The summed E-state index contributed by atoms with van der Waals surface area (Å²) in [5, 5.41) is 2.08. The van der Waals surface area contributed by atoms with Gasteiger partial charge in [0, 0.05) is 29.5 Å². The van der Waals surface area contributed by atoms with Crippen molar-refractivity contribution in [1.29, 1.82) is 0 Å². The molecule has 0 unspecified atom stereocenters. The summed E-state index contributed by atoms with van der Waals surface area (Å²) in [7, 11) is 0. The van der Waals surface area contributed by atoms with Crippen LogP contribution < -0.4 is 4.90 Å². The summed E-state index contributed by atoms with van der Waals surface area (Å²) in [5.74, 6) is -0.776. The van der Waals surface area contributed by atoms with E-state index in [4.69, 9.17) is 0 Å². The molecule has 0 radical (unpaired) electrons. The lowest BCUT2D eigenvalue weighted by atomic mass is 10.1. The number of aromatic nitrogens is 1. The first-order valence-corrected chi connectivity index (χ1v) is 9.14. The van der Waals surface area contributed by atoms with E-state index in [2.05, 4.69) is 68.7 Å². The molecule has 102 valence electrons. The molecule has 1 aliphatic rings. The normalized spacial score (nSPS) is 14.1. The van der Waals surface area contributed by atoms with Gasteiger partial charge in [-0.1, -0.05) is 0 Å². The van der Waals surface area contributed by atoms with E-state index in [9.17, 15) is 9.59 Å². The Bertz CT molecular complexity index is 714. The van der Waals surface area contributed by atoms with Crippen molar-refractivity contribution in [2.24, 2.45) is 0 Å². The highest BCUT2D eigenvalue weighted by atomic mass is 79.9. The maximum absolute atomic E-state index is 12.5. The topological polar surface area (TPSA) is 50.3 Å². The highest BCUT2D eigenvalue weighted by Crippen LogP contribution is 2.46. The molecule has 2 amide bonds. The Morgan fingerprint density at radius 1 is 0.900 bits per heavy atom.